The van der Waals surface area contributed by atoms with Crippen LogP contribution in [-0.2, 0) is 0 Å². The first-order valence-electron chi connectivity index (χ1n) is 6.73. The van der Waals surface area contributed by atoms with Crippen molar-refractivity contribution >= 4 is 27.5 Å². The van der Waals surface area contributed by atoms with E-state index >= 15 is 0 Å². The van der Waals surface area contributed by atoms with Gasteiger partial charge in [0.25, 0.3) is 0 Å². The van der Waals surface area contributed by atoms with Crippen molar-refractivity contribution < 1.29 is 0 Å². The molecular formula is C13H18BrN5. The van der Waals surface area contributed by atoms with Crippen LogP contribution in [0.2, 0.25) is 0 Å². The fourth-order valence-corrected chi connectivity index (χ4v) is 3.02. The molecule has 1 fully saturated rings. The molecule has 0 saturated carbocycles. The van der Waals surface area contributed by atoms with Crippen LogP contribution in [0.5, 0.6) is 0 Å². The van der Waals surface area contributed by atoms with Gasteiger partial charge in [-0.3, -0.25) is 0 Å². The standard InChI is InChI=1S/C13H18BrN5/c14-11-3-4-12-16-13(17-19(12)9-11)18-7-1-2-10(8-18)5-6-15/h3-4,9-10H,1-2,5-8,15H2. The summed E-state index contributed by atoms with van der Waals surface area (Å²) < 4.78 is 2.84. The minimum atomic E-state index is 0.678. The van der Waals surface area contributed by atoms with Gasteiger partial charge in [-0.15, -0.1) is 5.10 Å². The van der Waals surface area contributed by atoms with Gasteiger partial charge in [0.1, 0.15) is 0 Å². The number of nitrogens with zero attached hydrogens (tertiary/aromatic N) is 4. The lowest BCUT2D eigenvalue weighted by Gasteiger charge is -2.31. The number of aromatic nitrogens is 3. The minimum Gasteiger partial charge on any atom is -0.339 e. The Hall–Kier alpha value is -1.14. The van der Waals surface area contributed by atoms with Crippen LogP contribution in [0.1, 0.15) is 19.3 Å². The molecule has 102 valence electrons. The molecule has 1 aliphatic rings. The van der Waals surface area contributed by atoms with Gasteiger partial charge in [0.2, 0.25) is 5.95 Å². The average molecular weight is 324 g/mol. The predicted octanol–water partition coefficient (Wildman–Crippen LogP) is 2.06. The fraction of sp³-hybridized carbons (Fsp3) is 0.538. The maximum Gasteiger partial charge on any atom is 0.245 e. The van der Waals surface area contributed by atoms with Crippen molar-refractivity contribution in [2.75, 3.05) is 24.5 Å². The summed E-state index contributed by atoms with van der Waals surface area (Å²) in [4.78, 5) is 6.88. The molecule has 2 aromatic heterocycles. The van der Waals surface area contributed by atoms with E-state index in [0.717, 1.165) is 42.1 Å². The molecule has 0 aromatic carbocycles. The van der Waals surface area contributed by atoms with Crippen LogP contribution in [0.15, 0.2) is 22.8 Å². The Morgan fingerprint density at radius 2 is 2.32 bits per heavy atom. The molecule has 1 unspecified atom stereocenters. The second-order valence-corrected chi connectivity index (χ2v) is 6.01. The third-order valence-corrected chi connectivity index (χ3v) is 4.13. The Morgan fingerprint density at radius 1 is 1.42 bits per heavy atom. The highest BCUT2D eigenvalue weighted by Crippen LogP contribution is 2.23. The van der Waals surface area contributed by atoms with Crippen molar-refractivity contribution in [3.63, 3.8) is 0 Å². The summed E-state index contributed by atoms with van der Waals surface area (Å²) in [6.07, 6.45) is 5.50. The molecule has 0 radical (unpaired) electrons. The molecule has 6 heteroatoms. The number of nitrogens with two attached hydrogens (primary N) is 1. The predicted molar refractivity (Wildman–Crippen MR) is 79.3 cm³/mol. The first-order chi connectivity index (χ1) is 9.26. The molecule has 0 amide bonds. The Bertz CT molecular complexity index is 565. The highest BCUT2D eigenvalue weighted by Gasteiger charge is 2.22. The SMILES string of the molecule is NCCC1CCCN(c2nc3ccc(Br)cn3n2)C1. The number of hydrogen-bond donors (Lipinski definition) is 1. The lowest BCUT2D eigenvalue weighted by molar-refractivity contribution is 0.392. The summed E-state index contributed by atoms with van der Waals surface area (Å²) in [5.74, 6) is 1.51. The third-order valence-electron chi connectivity index (χ3n) is 3.66. The normalized spacial score (nSPS) is 20.1. The highest BCUT2D eigenvalue weighted by molar-refractivity contribution is 9.10. The van der Waals surface area contributed by atoms with E-state index < -0.39 is 0 Å². The number of piperidine rings is 1. The van der Waals surface area contributed by atoms with Crippen LogP contribution in [0, 0.1) is 5.92 Å². The quantitative estimate of drug-likeness (QED) is 0.939. The molecule has 3 heterocycles. The molecule has 0 spiro atoms. The van der Waals surface area contributed by atoms with Crippen molar-refractivity contribution in [2.24, 2.45) is 11.7 Å². The lowest BCUT2D eigenvalue weighted by atomic mass is 9.95. The maximum atomic E-state index is 5.66. The van der Waals surface area contributed by atoms with Crippen molar-refractivity contribution in [3.05, 3.63) is 22.8 Å². The number of fused-ring (bicyclic) bond motifs is 1. The van der Waals surface area contributed by atoms with Gasteiger partial charge in [-0.2, -0.15) is 4.98 Å². The average Bonchev–Trinajstić information content (AvgIpc) is 2.82. The monoisotopic (exact) mass is 323 g/mol. The van der Waals surface area contributed by atoms with E-state index in [1.807, 2.05) is 22.8 Å². The Balaban J connectivity index is 1.83. The van der Waals surface area contributed by atoms with Crippen LogP contribution in [0.3, 0.4) is 0 Å². The van der Waals surface area contributed by atoms with E-state index in [1.54, 1.807) is 0 Å². The van der Waals surface area contributed by atoms with Crippen molar-refractivity contribution in [2.45, 2.75) is 19.3 Å². The van der Waals surface area contributed by atoms with Crippen molar-refractivity contribution in [1.82, 2.24) is 14.6 Å². The first kappa shape index (κ1) is 12.9. The summed E-state index contributed by atoms with van der Waals surface area (Å²) >= 11 is 3.45. The Labute approximate surface area is 120 Å². The van der Waals surface area contributed by atoms with Gasteiger partial charge in [0.05, 0.1) is 0 Å². The molecule has 3 rings (SSSR count). The number of halogens is 1. The number of anilines is 1. The largest absolute Gasteiger partial charge is 0.339 e. The Morgan fingerprint density at radius 3 is 3.16 bits per heavy atom. The maximum absolute atomic E-state index is 5.66. The van der Waals surface area contributed by atoms with Crippen LogP contribution in [0.25, 0.3) is 5.65 Å². The van der Waals surface area contributed by atoms with Gasteiger partial charge in [-0.25, -0.2) is 4.52 Å². The lowest BCUT2D eigenvalue weighted by Crippen LogP contribution is -2.36. The molecule has 1 saturated heterocycles. The first-order valence-corrected chi connectivity index (χ1v) is 7.52. The molecule has 1 atom stereocenters. The second kappa shape index (κ2) is 5.46. The van der Waals surface area contributed by atoms with Gasteiger partial charge < -0.3 is 10.6 Å². The minimum absolute atomic E-state index is 0.678. The van der Waals surface area contributed by atoms with Gasteiger partial charge in [-0.1, -0.05) is 0 Å². The van der Waals surface area contributed by atoms with E-state index in [9.17, 15) is 0 Å². The molecule has 0 aliphatic carbocycles. The molecule has 2 aromatic rings. The summed E-state index contributed by atoms with van der Waals surface area (Å²) in [5, 5.41) is 4.56. The highest BCUT2D eigenvalue weighted by atomic mass is 79.9. The number of rotatable bonds is 3. The van der Waals surface area contributed by atoms with Gasteiger partial charge in [0.15, 0.2) is 5.65 Å². The fourth-order valence-electron chi connectivity index (χ4n) is 2.70. The van der Waals surface area contributed by atoms with Crippen LogP contribution >= 0.6 is 15.9 Å². The molecule has 19 heavy (non-hydrogen) atoms. The van der Waals surface area contributed by atoms with Crippen LogP contribution < -0.4 is 10.6 Å². The number of pyridine rings is 1. The molecule has 0 bridgehead atoms. The zero-order valence-electron chi connectivity index (χ0n) is 10.8. The van der Waals surface area contributed by atoms with E-state index in [2.05, 4.69) is 30.9 Å². The molecule has 2 N–H and O–H groups in total. The van der Waals surface area contributed by atoms with E-state index in [-0.39, 0.29) is 0 Å². The molecule has 1 aliphatic heterocycles. The van der Waals surface area contributed by atoms with Crippen molar-refractivity contribution in [3.8, 4) is 0 Å². The van der Waals surface area contributed by atoms with E-state index in [0.29, 0.717) is 5.92 Å². The number of hydrogen-bond acceptors (Lipinski definition) is 4. The van der Waals surface area contributed by atoms with Gasteiger partial charge >= 0.3 is 0 Å². The Kier molecular flexibility index (Phi) is 3.70. The zero-order valence-corrected chi connectivity index (χ0v) is 12.4. The van der Waals surface area contributed by atoms with Crippen LogP contribution in [0.4, 0.5) is 5.95 Å². The van der Waals surface area contributed by atoms with Gasteiger partial charge in [-0.05, 0) is 59.8 Å². The topological polar surface area (TPSA) is 59.5 Å². The molecule has 5 nitrogen and oxygen atoms in total. The summed E-state index contributed by atoms with van der Waals surface area (Å²) in [7, 11) is 0. The third kappa shape index (κ3) is 2.74. The molecular weight excluding hydrogens is 306 g/mol. The van der Waals surface area contributed by atoms with Crippen molar-refractivity contribution in [1.29, 1.82) is 0 Å². The van der Waals surface area contributed by atoms with E-state index in [4.69, 9.17) is 5.73 Å². The zero-order chi connectivity index (χ0) is 13.2. The smallest absolute Gasteiger partial charge is 0.245 e. The van der Waals surface area contributed by atoms with Gasteiger partial charge in [0, 0.05) is 23.8 Å². The summed E-state index contributed by atoms with van der Waals surface area (Å²) in [6.45, 7) is 2.83. The van der Waals surface area contributed by atoms with Crippen LogP contribution in [-0.4, -0.2) is 34.2 Å². The summed E-state index contributed by atoms with van der Waals surface area (Å²) in [5.41, 5.74) is 6.55. The second-order valence-electron chi connectivity index (χ2n) is 5.09. The van der Waals surface area contributed by atoms with E-state index in [1.165, 1.54) is 12.8 Å². The summed E-state index contributed by atoms with van der Waals surface area (Å²) in [6, 6.07) is 3.96.